The summed E-state index contributed by atoms with van der Waals surface area (Å²) in [6, 6.07) is 5.09. The van der Waals surface area contributed by atoms with Crippen LogP contribution >= 0.6 is 27.5 Å². The van der Waals surface area contributed by atoms with E-state index < -0.39 is 35.1 Å². The number of aliphatic carboxylic acids is 1. The minimum atomic E-state index is -2.09. The standard InChI is InChI=1S/C14H13BrClNO7/c15-14(12(20)10(19)9(18)11(24-14)13(21)22)23-7-4-17-6-3-1-2-5(16)8(6)7/h1-4,9-12,17-20H,(H,21,22)/t9-,10-,11-,12+,14-/m0/s1. The molecule has 1 aromatic carbocycles. The Morgan fingerprint density at radius 3 is 2.71 bits per heavy atom. The Kier molecular flexibility index (Phi) is 4.49. The molecule has 8 nitrogen and oxygen atoms in total. The Morgan fingerprint density at radius 2 is 2.04 bits per heavy atom. The first-order valence-electron chi connectivity index (χ1n) is 6.83. The molecule has 2 aromatic rings. The molecule has 1 aliphatic rings. The molecule has 0 unspecified atom stereocenters. The lowest BCUT2D eigenvalue weighted by Crippen LogP contribution is -2.65. The molecule has 2 heterocycles. The summed E-state index contributed by atoms with van der Waals surface area (Å²) in [4.78, 5) is 14.1. The average Bonchev–Trinajstić information content (AvgIpc) is 2.93. The van der Waals surface area contributed by atoms with E-state index in [-0.39, 0.29) is 5.75 Å². The highest BCUT2D eigenvalue weighted by atomic mass is 79.9. The first kappa shape index (κ1) is 17.5. The highest BCUT2D eigenvalue weighted by Gasteiger charge is 2.56. The van der Waals surface area contributed by atoms with Crippen LogP contribution in [0.1, 0.15) is 0 Å². The van der Waals surface area contributed by atoms with E-state index in [1.807, 2.05) is 0 Å². The zero-order valence-corrected chi connectivity index (χ0v) is 14.2. The molecule has 0 aliphatic carbocycles. The molecule has 10 heteroatoms. The summed E-state index contributed by atoms with van der Waals surface area (Å²) in [5, 5.41) is 39.8. The van der Waals surface area contributed by atoms with Crippen molar-refractivity contribution < 1.29 is 34.7 Å². The number of carboxylic acids is 1. The van der Waals surface area contributed by atoms with Crippen molar-refractivity contribution in [1.29, 1.82) is 0 Å². The van der Waals surface area contributed by atoms with Gasteiger partial charge in [-0.15, -0.1) is 0 Å². The molecule has 1 aliphatic heterocycles. The number of nitrogens with one attached hydrogen (secondary N) is 1. The first-order chi connectivity index (χ1) is 11.2. The van der Waals surface area contributed by atoms with Crippen LogP contribution in [0.5, 0.6) is 5.75 Å². The summed E-state index contributed by atoms with van der Waals surface area (Å²) in [6.45, 7) is 0. The van der Waals surface area contributed by atoms with E-state index in [0.717, 1.165) is 0 Å². The van der Waals surface area contributed by atoms with Crippen LogP contribution in [0, 0.1) is 0 Å². The predicted molar refractivity (Wildman–Crippen MR) is 86.1 cm³/mol. The van der Waals surface area contributed by atoms with Crippen LogP contribution in [0.15, 0.2) is 24.4 Å². The van der Waals surface area contributed by atoms with Gasteiger partial charge in [0.15, 0.2) is 18.0 Å². The van der Waals surface area contributed by atoms with Crippen LogP contribution in [0.3, 0.4) is 0 Å². The minimum absolute atomic E-state index is 0.166. The number of rotatable bonds is 3. The number of carboxylic acid groups (broad SMARTS) is 1. The molecular formula is C14H13BrClNO7. The van der Waals surface area contributed by atoms with Gasteiger partial charge in [-0.2, -0.15) is 0 Å². The molecule has 0 bridgehead atoms. The van der Waals surface area contributed by atoms with Gasteiger partial charge in [-0.1, -0.05) is 17.7 Å². The first-order valence-corrected chi connectivity index (χ1v) is 8.00. The van der Waals surface area contributed by atoms with Gasteiger partial charge < -0.3 is 34.9 Å². The van der Waals surface area contributed by atoms with Crippen molar-refractivity contribution in [3.05, 3.63) is 29.4 Å². The molecule has 0 radical (unpaired) electrons. The minimum Gasteiger partial charge on any atom is -0.479 e. The van der Waals surface area contributed by atoms with Gasteiger partial charge in [-0.3, -0.25) is 0 Å². The van der Waals surface area contributed by atoms with Crippen LogP contribution in [0.2, 0.25) is 5.02 Å². The molecule has 1 saturated heterocycles. The number of benzene rings is 1. The van der Waals surface area contributed by atoms with Gasteiger partial charge in [0, 0.05) is 6.20 Å². The SMILES string of the molecule is O=C(O)[C@H]1O[C@@](Br)(Oc2c[nH]c3cccc(Cl)c23)[C@H](O)[C@@H](O)[C@@H]1O. The third-order valence-corrected chi connectivity index (χ3v) is 4.87. The van der Waals surface area contributed by atoms with Gasteiger partial charge in [0.1, 0.15) is 12.2 Å². The molecule has 5 N–H and O–H groups in total. The van der Waals surface area contributed by atoms with E-state index in [4.69, 9.17) is 26.2 Å². The molecule has 3 rings (SSSR count). The Morgan fingerprint density at radius 1 is 1.33 bits per heavy atom. The van der Waals surface area contributed by atoms with E-state index >= 15 is 0 Å². The third kappa shape index (κ3) is 2.77. The van der Waals surface area contributed by atoms with Crippen LogP contribution in [0.25, 0.3) is 10.9 Å². The van der Waals surface area contributed by atoms with Gasteiger partial charge in [0.25, 0.3) is 4.70 Å². The van der Waals surface area contributed by atoms with Gasteiger partial charge in [0.2, 0.25) is 0 Å². The van der Waals surface area contributed by atoms with Gasteiger partial charge in [-0.25, -0.2) is 4.79 Å². The summed E-state index contributed by atoms with van der Waals surface area (Å²) < 4.78 is 8.66. The smallest absolute Gasteiger partial charge is 0.335 e. The normalized spacial score (nSPS) is 33.5. The van der Waals surface area contributed by atoms with Crippen molar-refractivity contribution in [2.24, 2.45) is 0 Å². The Balaban J connectivity index is 1.98. The van der Waals surface area contributed by atoms with Crippen LogP contribution in [-0.2, 0) is 9.53 Å². The number of aromatic nitrogens is 1. The lowest BCUT2D eigenvalue weighted by atomic mass is 9.99. The summed E-state index contributed by atoms with van der Waals surface area (Å²) in [6.07, 6.45) is -5.75. The van der Waals surface area contributed by atoms with Gasteiger partial charge in [-0.05, 0) is 28.1 Å². The Hall–Kier alpha value is -1.36. The molecule has 0 amide bonds. The summed E-state index contributed by atoms with van der Waals surface area (Å²) in [5.74, 6) is -1.35. The Bertz CT molecular complexity index is 784. The number of hydrogen-bond acceptors (Lipinski definition) is 6. The highest BCUT2D eigenvalue weighted by molar-refractivity contribution is 9.10. The highest BCUT2D eigenvalue weighted by Crippen LogP contribution is 2.41. The van der Waals surface area contributed by atoms with Gasteiger partial charge in [0.05, 0.1) is 15.9 Å². The zero-order chi connectivity index (χ0) is 17.6. The van der Waals surface area contributed by atoms with Crippen LogP contribution in [-0.4, -0.2) is 60.5 Å². The van der Waals surface area contributed by atoms with E-state index in [9.17, 15) is 20.1 Å². The van der Waals surface area contributed by atoms with Crippen molar-refractivity contribution in [2.45, 2.75) is 29.1 Å². The summed E-state index contributed by atoms with van der Waals surface area (Å²) >= 11 is 9.12. The third-order valence-electron chi connectivity index (χ3n) is 3.74. The van der Waals surface area contributed by atoms with Crippen molar-refractivity contribution in [3.8, 4) is 5.75 Å². The second-order valence-electron chi connectivity index (χ2n) is 5.30. The number of halogens is 2. The largest absolute Gasteiger partial charge is 0.479 e. The lowest BCUT2D eigenvalue weighted by molar-refractivity contribution is -0.284. The second-order valence-corrected chi connectivity index (χ2v) is 6.82. The predicted octanol–water partition coefficient (Wildman–Crippen LogP) is 0.815. The van der Waals surface area contributed by atoms with Gasteiger partial charge >= 0.3 is 5.97 Å². The van der Waals surface area contributed by atoms with Crippen molar-refractivity contribution in [1.82, 2.24) is 4.98 Å². The molecule has 1 aromatic heterocycles. The maximum atomic E-state index is 11.2. The monoisotopic (exact) mass is 421 g/mol. The number of H-pyrrole nitrogens is 1. The molecule has 0 saturated carbocycles. The number of carbonyl (C=O) groups is 1. The maximum absolute atomic E-state index is 11.2. The van der Waals surface area contributed by atoms with Crippen molar-refractivity contribution in [2.75, 3.05) is 0 Å². The van der Waals surface area contributed by atoms with E-state index in [1.165, 1.54) is 6.20 Å². The number of aliphatic hydroxyl groups excluding tert-OH is 3. The molecule has 1 fully saturated rings. The van der Waals surface area contributed by atoms with Crippen LogP contribution in [0.4, 0.5) is 0 Å². The molecule has 5 atom stereocenters. The second kappa shape index (κ2) is 6.17. The summed E-state index contributed by atoms with van der Waals surface area (Å²) in [5.41, 5.74) is 0.647. The number of hydrogen-bond donors (Lipinski definition) is 5. The quantitative estimate of drug-likeness (QED) is 0.463. The van der Waals surface area contributed by atoms with E-state index in [0.29, 0.717) is 15.9 Å². The average molecular weight is 423 g/mol. The lowest BCUT2D eigenvalue weighted by Gasteiger charge is -2.43. The fourth-order valence-electron chi connectivity index (χ4n) is 2.50. The zero-order valence-electron chi connectivity index (χ0n) is 11.9. The molecule has 130 valence electrons. The number of aliphatic hydroxyl groups is 3. The van der Waals surface area contributed by atoms with Crippen molar-refractivity contribution in [3.63, 3.8) is 0 Å². The Labute approximate surface area is 148 Å². The van der Waals surface area contributed by atoms with E-state index in [2.05, 4.69) is 20.9 Å². The van der Waals surface area contributed by atoms with Crippen molar-refractivity contribution >= 4 is 44.4 Å². The number of fused-ring (bicyclic) bond motifs is 1. The topological polar surface area (TPSA) is 132 Å². The van der Waals surface area contributed by atoms with Crippen LogP contribution < -0.4 is 4.74 Å². The molecular weight excluding hydrogens is 410 g/mol. The number of alkyl halides is 1. The molecule has 24 heavy (non-hydrogen) atoms. The molecule has 0 spiro atoms. The van der Waals surface area contributed by atoms with E-state index in [1.54, 1.807) is 18.2 Å². The number of aromatic amines is 1. The summed E-state index contributed by atoms with van der Waals surface area (Å²) in [7, 11) is 0. The fourth-order valence-corrected chi connectivity index (χ4v) is 3.42. The fraction of sp³-hybridized carbons (Fsp3) is 0.357. The number of ether oxygens (including phenoxy) is 2. The maximum Gasteiger partial charge on any atom is 0.335 e.